The van der Waals surface area contributed by atoms with Gasteiger partial charge in [-0.15, -0.1) is 0 Å². The average molecular weight is 311 g/mol. The van der Waals surface area contributed by atoms with Gasteiger partial charge in [0.2, 0.25) is 5.96 Å². The number of carbonyl (C=O) groups is 1. The lowest BCUT2D eigenvalue weighted by molar-refractivity contribution is 0.0985. The average Bonchev–Trinajstić information content (AvgIpc) is 2.34. The molecule has 1 fully saturated rings. The predicted octanol–water partition coefficient (Wildman–Crippen LogP) is 2.14. The van der Waals surface area contributed by atoms with Gasteiger partial charge in [0.1, 0.15) is 5.66 Å². The van der Waals surface area contributed by atoms with E-state index in [2.05, 4.69) is 21.2 Å². The van der Waals surface area contributed by atoms with E-state index in [0.29, 0.717) is 0 Å². The molecule has 0 radical (unpaired) electrons. The molecular weight excluding hydrogens is 296 g/mol. The van der Waals surface area contributed by atoms with E-state index >= 15 is 0 Å². The smallest absolute Gasteiger partial charge is 0.328 e. The summed E-state index contributed by atoms with van der Waals surface area (Å²) in [6.07, 6.45) is 0. The molecule has 2 N–H and O–H groups in total. The first-order chi connectivity index (χ1) is 8.36. The van der Waals surface area contributed by atoms with Crippen molar-refractivity contribution in [3.05, 3.63) is 34.3 Å². The third-order valence-corrected chi connectivity index (χ3v) is 3.82. The molecule has 1 aromatic rings. The van der Waals surface area contributed by atoms with Crippen LogP contribution in [0.15, 0.2) is 28.7 Å². The van der Waals surface area contributed by atoms with E-state index in [1.165, 1.54) is 4.90 Å². The molecule has 5 nitrogen and oxygen atoms in total. The molecule has 1 aliphatic heterocycles. The summed E-state index contributed by atoms with van der Waals surface area (Å²) in [6, 6.07) is 7.50. The van der Waals surface area contributed by atoms with E-state index in [1.807, 2.05) is 31.2 Å². The highest BCUT2D eigenvalue weighted by molar-refractivity contribution is 9.10. The van der Waals surface area contributed by atoms with Crippen molar-refractivity contribution in [2.75, 3.05) is 14.1 Å². The maximum Gasteiger partial charge on any atom is 0.328 e. The van der Waals surface area contributed by atoms with Gasteiger partial charge in [-0.25, -0.2) is 4.79 Å². The third kappa shape index (κ3) is 1.86. The van der Waals surface area contributed by atoms with Crippen LogP contribution in [-0.4, -0.2) is 35.9 Å². The molecule has 2 amide bonds. The highest BCUT2D eigenvalue weighted by atomic mass is 79.9. The Morgan fingerprint density at radius 2 is 2.06 bits per heavy atom. The van der Waals surface area contributed by atoms with Crippen molar-refractivity contribution < 1.29 is 4.79 Å². The van der Waals surface area contributed by atoms with E-state index < -0.39 is 5.66 Å². The summed E-state index contributed by atoms with van der Waals surface area (Å²) in [6.45, 7) is 1.88. The number of guanidine groups is 1. The van der Waals surface area contributed by atoms with Crippen molar-refractivity contribution in [3.8, 4) is 0 Å². The number of hydrogen-bond acceptors (Lipinski definition) is 2. The standard InChI is InChI=1S/C12H15BrN4O/c1-12(8-5-4-6-9(13)7-8)15-10(14)16(2)11(18)17(12)3/h4-7H,1-3H3,(H2,14,15). The van der Waals surface area contributed by atoms with E-state index in [0.717, 1.165) is 10.0 Å². The Bertz CT molecular complexity index is 519. The Kier molecular flexibility index (Phi) is 3.06. The molecule has 96 valence electrons. The fraction of sp³-hybridized carbons (Fsp3) is 0.333. The molecule has 1 aliphatic rings. The molecular formula is C12H15BrN4O. The van der Waals surface area contributed by atoms with E-state index in [9.17, 15) is 4.79 Å². The van der Waals surface area contributed by atoms with Crippen LogP contribution in [0.4, 0.5) is 4.79 Å². The Morgan fingerprint density at radius 3 is 2.67 bits per heavy atom. The van der Waals surface area contributed by atoms with E-state index in [-0.39, 0.29) is 12.0 Å². The zero-order valence-corrected chi connectivity index (χ0v) is 12.1. The first-order valence-electron chi connectivity index (χ1n) is 5.50. The van der Waals surface area contributed by atoms with Crippen molar-refractivity contribution in [1.82, 2.24) is 15.1 Å². The summed E-state index contributed by atoms with van der Waals surface area (Å²) in [5.74, 6) is 0.0978. The Hall–Kier alpha value is -1.56. The van der Waals surface area contributed by atoms with Crippen molar-refractivity contribution >= 4 is 27.9 Å². The second-order valence-corrected chi connectivity index (χ2v) is 5.37. The first kappa shape index (κ1) is 12.9. The number of carbonyl (C=O) groups excluding carboxylic acids is 1. The maximum atomic E-state index is 12.1. The fourth-order valence-electron chi connectivity index (χ4n) is 1.97. The highest BCUT2D eigenvalue weighted by Crippen LogP contribution is 2.29. The lowest BCUT2D eigenvalue weighted by Crippen LogP contribution is -2.67. The molecule has 2 rings (SSSR count). The lowest BCUT2D eigenvalue weighted by Gasteiger charge is -2.47. The summed E-state index contributed by atoms with van der Waals surface area (Å²) in [7, 11) is 3.30. The lowest BCUT2D eigenvalue weighted by atomic mass is 9.99. The van der Waals surface area contributed by atoms with Gasteiger partial charge in [0, 0.05) is 18.6 Å². The molecule has 18 heavy (non-hydrogen) atoms. The molecule has 0 aromatic heterocycles. The van der Waals surface area contributed by atoms with Gasteiger partial charge < -0.3 is 10.2 Å². The zero-order valence-electron chi connectivity index (χ0n) is 10.5. The quantitative estimate of drug-likeness (QED) is 0.835. The van der Waals surface area contributed by atoms with Crippen LogP contribution in [0, 0.1) is 5.41 Å². The molecule has 1 unspecified atom stereocenters. The monoisotopic (exact) mass is 310 g/mol. The predicted molar refractivity (Wildman–Crippen MR) is 73.3 cm³/mol. The van der Waals surface area contributed by atoms with E-state index in [1.54, 1.807) is 19.0 Å². The number of urea groups is 1. The van der Waals surface area contributed by atoms with Crippen LogP contribution in [0.2, 0.25) is 0 Å². The molecule has 0 saturated carbocycles. The number of benzene rings is 1. The Balaban J connectivity index is 2.47. The minimum absolute atomic E-state index is 0.0978. The first-order valence-corrected chi connectivity index (χ1v) is 6.30. The number of rotatable bonds is 1. The Labute approximate surface area is 114 Å². The summed E-state index contributed by atoms with van der Waals surface area (Å²) in [5, 5.41) is 10.9. The van der Waals surface area contributed by atoms with Gasteiger partial charge in [0.25, 0.3) is 0 Å². The molecule has 0 aliphatic carbocycles. The van der Waals surface area contributed by atoms with Crippen LogP contribution in [-0.2, 0) is 5.66 Å². The second kappa shape index (κ2) is 4.28. The largest absolute Gasteiger partial charge is 0.329 e. The summed E-state index contributed by atoms with van der Waals surface area (Å²) in [5.41, 5.74) is 0.204. The van der Waals surface area contributed by atoms with Crippen molar-refractivity contribution in [2.24, 2.45) is 0 Å². The summed E-state index contributed by atoms with van der Waals surface area (Å²) < 4.78 is 0.939. The number of nitrogens with one attached hydrogen (secondary N) is 2. The molecule has 1 saturated heterocycles. The van der Waals surface area contributed by atoms with Gasteiger partial charge in [-0.2, -0.15) is 0 Å². The van der Waals surface area contributed by atoms with Crippen molar-refractivity contribution in [1.29, 1.82) is 5.41 Å². The third-order valence-electron chi connectivity index (χ3n) is 3.33. The minimum atomic E-state index is -0.718. The van der Waals surface area contributed by atoms with Crippen molar-refractivity contribution in [2.45, 2.75) is 12.6 Å². The highest BCUT2D eigenvalue weighted by Gasteiger charge is 2.42. The maximum absolute atomic E-state index is 12.1. The van der Waals surface area contributed by atoms with Gasteiger partial charge in [-0.1, -0.05) is 28.1 Å². The van der Waals surface area contributed by atoms with Gasteiger partial charge in [-0.05, 0) is 24.6 Å². The van der Waals surface area contributed by atoms with Crippen LogP contribution < -0.4 is 5.32 Å². The van der Waals surface area contributed by atoms with Crippen LogP contribution >= 0.6 is 15.9 Å². The second-order valence-electron chi connectivity index (χ2n) is 4.46. The van der Waals surface area contributed by atoms with Crippen LogP contribution in [0.1, 0.15) is 12.5 Å². The van der Waals surface area contributed by atoms with Crippen LogP contribution in [0.25, 0.3) is 0 Å². The van der Waals surface area contributed by atoms with E-state index in [4.69, 9.17) is 5.41 Å². The number of halogens is 1. The molecule has 1 aromatic carbocycles. The normalized spacial score (nSPS) is 24.2. The van der Waals surface area contributed by atoms with Crippen LogP contribution in [0.3, 0.4) is 0 Å². The molecule has 0 spiro atoms. The number of amides is 2. The van der Waals surface area contributed by atoms with Gasteiger partial charge in [-0.3, -0.25) is 10.3 Å². The number of nitrogens with zero attached hydrogens (tertiary/aromatic N) is 2. The molecule has 1 heterocycles. The zero-order chi connectivity index (χ0) is 13.5. The summed E-state index contributed by atoms with van der Waals surface area (Å²) in [4.78, 5) is 14.9. The fourth-order valence-corrected chi connectivity index (χ4v) is 2.37. The van der Waals surface area contributed by atoms with Crippen LogP contribution in [0.5, 0.6) is 0 Å². The van der Waals surface area contributed by atoms with Gasteiger partial charge in [0.05, 0.1) is 0 Å². The summed E-state index contributed by atoms with van der Waals surface area (Å²) >= 11 is 3.42. The SMILES string of the molecule is CN1C(=N)NC(C)(c2cccc(Br)c2)N(C)C1=O. The van der Waals surface area contributed by atoms with Gasteiger partial charge >= 0.3 is 6.03 Å². The topological polar surface area (TPSA) is 59.4 Å². The Morgan fingerprint density at radius 1 is 1.39 bits per heavy atom. The molecule has 0 bridgehead atoms. The van der Waals surface area contributed by atoms with Crippen molar-refractivity contribution in [3.63, 3.8) is 0 Å². The molecule has 6 heteroatoms. The van der Waals surface area contributed by atoms with Gasteiger partial charge in [0.15, 0.2) is 0 Å². The minimum Gasteiger partial charge on any atom is -0.329 e. The number of hydrogen-bond donors (Lipinski definition) is 2. The molecule has 1 atom stereocenters.